The number of carbonyl (C=O) groups excluding carboxylic acids is 1. The Bertz CT molecular complexity index is 205. The van der Waals surface area contributed by atoms with Crippen LogP contribution in [-0.4, -0.2) is 57.1 Å². The van der Waals surface area contributed by atoms with E-state index in [9.17, 15) is 9.90 Å². The molecular formula is C6H9O7-. The predicted molar refractivity (Wildman–Crippen MR) is 33.9 cm³/mol. The Morgan fingerprint density at radius 1 is 1.31 bits per heavy atom. The molecule has 0 spiro atoms. The lowest BCUT2D eigenvalue weighted by Gasteiger charge is -2.20. The molecule has 1 aliphatic heterocycles. The molecule has 5 atom stereocenters. The first-order valence-corrected chi connectivity index (χ1v) is 3.53. The average Bonchev–Trinajstić information content (AvgIpc) is 2.31. The fraction of sp³-hybridized carbons (Fsp3) is 0.833. The van der Waals surface area contributed by atoms with Gasteiger partial charge in [-0.1, -0.05) is 0 Å². The van der Waals surface area contributed by atoms with Gasteiger partial charge in [-0.2, -0.15) is 0 Å². The number of hydrogen-bond donors (Lipinski definition) is 4. The molecule has 4 N–H and O–H groups in total. The molecule has 7 heteroatoms. The summed E-state index contributed by atoms with van der Waals surface area (Å²) < 4.78 is 4.39. The quantitative estimate of drug-likeness (QED) is 0.348. The molecule has 0 amide bonds. The van der Waals surface area contributed by atoms with Crippen molar-refractivity contribution in [3.63, 3.8) is 0 Å². The first-order valence-electron chi connectivity index (χ1n) is 3.53. The van der Waals surface area contributed by atoms with Gasteiger partial charge in [0.15, 0.2) is 6.29 Å². The number of aliphatic carboxylic acids is 1. The number of rotatable bonds is 2. The van der Waals surface area contributed by atoms with Crippen molar-refractivity contribution >= 4 is 5.97 Å². The number of aliphatic hydroxyl groups excluding tert-OH is 4. The number of aliphatic hydroxyl groups is 4. The minimum Gasteiger partial charge on any atom is -0.547 e. The molecule has 76 valence electrons. The molecule has 1 heterocycles. The molecule has 1 aliphatic rings. The van der Waals surface area contributed by atoms with E-state index in [4.69, 9.17) is 20.4 Å². The third-order valence-corrected chi connectivity index (χ3v) is 1.83. The number of carboxylic acids is 1. The maximum absolute atomic E-state index is 10.1. The van der Waals surface area contributed by atoms with E-state index in [0.29, 0.717) is 0 Å². The summed E-state index contributed by atoms with van der Waals surface area (Å²) in [6.45, 7) is 0. The smallest absolute Gasteiger partial charge is 0.184 e. The minimum atomic E-state index is -2.08. The Hall–Kier alpha value is -0.730. The van der Waals surface area contributed by atoms with Gasteiger partial charge in [-0.3, -0.25) is 0 Å². The van der Waals surface area contributed by atoms with Gasteiger partial charge in [-0.05, 0) is 0 Å². The molecule has 13 heavy (non-hydrogen) atoms. The fourth-order valence-electron chi connectivity index (χ4n) is 1.08. The normalized spacial score (nSPS) is 41.8. The third kappa shape index (κ3) is 1.79. The van der Waals surface area contributed by atoms with Crippen molar-refractivity contribution in [3.05, 3.63) is 0 Å². The molecule has 0 aromatic carbocycles. The molecule has 0 bridgehead atoms. The van der Waals surface area contributed by atoms with Gasteiger partial charge in [-0.25, -0.2) is 0 Å². The highest BCUT2D eigenvalue weighted by Crippen LogP contribution is 2.21. The molecule has 0 aromatic rings. The second-order valence-electron chi connectivity index (χ2n) is 2.74. The Labute approximate surface area is 72.8 Å². The summed E-state index contributed by atoms with van der Waals surface area (Å²) in [7, 11) is 0. The Morgan fingerprint density at radius 3 is 2.15 bits per heavy atom. The van der Waals surface area contributed by atoms with Crippen LogP contribution in [0.1, 0.15) is 0 Å². The van der Waals surface area contributed by atoms with Crippen molar-refractivity contribution in [2.24, 2.45) is 0 Å². The zero-order valence-corrected chi connectivity index (χ0v) is 6.40. The van der Waals surface area contributed by atoms with E-state index in [0.717, 1.165) is 0 Å². The molecule has 0 aliphatic carbocycles. The van der Waals surface area contributed by atoms with Gasteiger partial charge in [0, 0.05) is 0 Å². The summed E-state index contributed by atoms with van der Waals surface area (Å²) in [6.07, 6.45) is -8.63. The highest BCUT2D eigenvalue weighted by Gasteiger charge is 2.45. The van der Waals surface area contributed by atoms with Gasteiger partial charge >= 0.3 is 0 Å². The highest BCUT2D eigenvalue weighted by atomic mass is 16.6. The van der Waals surface area contributed by atoms with E-state index >= 15 is 0 Å². The van der Waals surface area contributed by atoms with E-state index in [2.05, 4.69) is 4.74 Å². The predicted octanol–water partition coefficient (Wildman–Crippen LogP) is -4.46. The monoisotopic (exact) mass is 193 g/mol. The molecule has 0 aromatic heterocycles. The molecular weight excluding hydrogens is 184 g/mol. The summed E-state index contributed by atoms with van der Waals surface area (Å²) in [5, 5.41) is 45.8. The molecule has 0 radical (unpaired) electrons. The summed E-state index contributed by atoms with van der Waals surface area (Å²) in [6, 6.07) is 0. The van der Waals surface area contributed by atoms with Gasteiger partial charge in [0.25, 0.3) is 0 Å². The highest BCUT2D eigenvalue weighted by molar-refractivity contribution is 5.70. The topological polar surface area (TPSA) is 130 Å². The van der Waals surface area contributed by atoms with Gasteiger partial charge in [0.2, 0.25) is 0 Å². The minimum absolute atomic E-state index is 1.57. The Kier molecular flexibility index (Phi) is 2.84. The summed E-state index contributed by atoms with van der Waals surface area (Å²) >= 11 is 0. The zero-order chi connectivity index (χ0) is 10.2. The van der Waals surface area contributed by atoms with E-state index < -0.39 is 36.7 Å². The van der Waals surface area contributed by atoms with Crippen LogP contribution < -0.4 is 5.11 Å². The van der Waals surface area contributed by atoms with Crippen LogP contribution in [0.15, 0.2) is 0 Å². The molecule has 7 nitrogen and oxygen atoms in total. The van der Waals surface area contributed by atoms with Crippen LogP contribution in [0.4, 0.5) is 0 Å². The molecule has 0 saturated carbocycles. The average molecular weight is 193 g/mol. The van der Waals surface area contributed by atoms with Gasteiger partial charge in [-0.15, -0.1) is 0 Å². The molecule has 1 fully saturated rings. The van der Waals surface area contributed by atoms with E-state index in [1.807, 2.05) is 0 Å². The second kappa shape index (κ2) is 3.56. The lowest BCUT2D eigenvalue weighted by molar-refractivity contribution is -0.320. The largest absolute Gasteiger partial charge is 0.547 e. The lowest BCUT2D eigenvalue weighted by Crippen LogP contribution is -2.48. The number of ether oxygens (including phenoxy) is 1. The SMILES string of the molecule is O=C([O-])[C@@H](O)[C@H]1O[C@H](O)[C@H](O)[C@H]1O. The Balaban J connectivity index is 2.68. The van der Waals surface area contributed by atoms with Crippen LogP contribution in [0, 0.1) is 0 Å². The zero-order valence-electron chi connectivity index (χ0n) is 6.40. The maximum Gasteiger partial charge on any atom is 0.184 e. The van der Waals surface area contributed by atoms with Crippen LogP contribution in [0.25, 0.3) is 0 Å². The number of carboxylic acid groups (broad SMARTS) is 1. The van der Waals surface area contributed by atoms with Crippen LogP contribution in [0.5, 0.6) is 0 Å². The van der Waals surface area contributed by atoms with Crippen molar-refractivity contribution < 1.29 is 35.1 Å². The Morgan fingerprint density at radius 2 is 1.85 bits per heavy atom. The van der Waals surface area contributed by atoms with Crippen molar-refractivity contribution in [2.45, 2.75) is 30.7 Å². The van der Waals surface area contributed by atoms with Gasteiger partial charge in [0.05, 0.1) is 5.97 Å². The summed E-state index contributed by atoms with van der Waals surface area (Å²) in [4.78, 5) is 10.1. The van der Waals surface area contributed by atoms with Crippen LogP contribution in [0.3, 0.4) is 0 Å². The van der Waals surface area contributed by atoms with Crippen molar-refractivity contribution in [1.82, 2.24) is 0 Å². The maximum atomic E-state index is 10.1. The van der Waals surface area contributed by atoms with Crippen LogP contribution >= 0.6 is 0 Å². The van der Waals surface area contributed by atoms with E-state index in [1.54, 1.807) is 0 Å². The van der Waals surface area contributed by atoms with Crippen molar-refractivity contribution in [3.8, 4) is 0 Å². The van der Waals surface area contributed by atoms with Gasteiger partial charge in [0.1, 0.15) is 24.4 Å². The van der Waals surface area contributed by atoms with E-state index in [-0.39, 0.29) is 0 Å². The van der Waals surface area contributed by atoms with Crippen LogP contribution in [-0.2, 0) is 9.53 Å². The van der Waals surface area contributed by atoms with Crippen LogP contribution in [0.2, 0.25) is 0 Å². The summed E-state index contributed by atoms with van der Waals surface area (Å²) in [5.41, 5.74) is 0. The molecule has 1 rings (SSSR count). The summed E-state index contributed by atoms with van der Waals surface area (Å²) in [5.74, 6) is -1.84. The number of hydrogen-bond acceptors (Lipinski definition) is 7. The van der Waals surface area contributed by atoms with Gasteiger partial charge < -0.3 is 35.1 Å². The van der Waals surface area contributed by atoms with E-state index in [1.165, 1.54) is 0 Å². The standard InChI is InChI=1S/C6H10O7/c7-1-2(8)6(12)13-4(1)3(9)5(10)11/h1-4,6-9,12H,(H,10,11)/p-1/t1-,2-,3+,4+,6+/m1/s1. The second-order valence-corrected chi connectivity index (χ2v) is 2.74. The number of carbonyl (C=O) groups is 1. The molecule has 0 unspecified atom stereocenters. The molecule has 1 saturated heterocycles. The third-order valence-electron chi connectivity index (χ3n) is 1.83. The fourth-order valence-corrected chi connectivity index (χ4v) is 1.08. The lowest BCUT2D eigenvalue weighted by atomic mass is 10.1. The van der Waals surface area contributed by atoms with Crippen molar-refractivity contribution in [1.29, 1.82) is 0 Å². The first-order chi connectivity index (χ1) is 5.95. The first kappa shape index (κ1) is 10.4. The van der Waals surface area contributed by atoms with Crippen molar-refractivity contribution in [2.75, 3.05) is 0 Å².